The molecule has 1 aromatic heterocycles. The predicted molar refractivity (Wildman–Crippen MR) is 86.8 cm³/mol. The van der Waals surface area contributed by atoms with E-state index in [9.17, 15) is 5.11 Å². The maximum Gasteiger partial charge on any atom is 0.209 e. The molecule has 1 aromatic carbocycles. The van der Waals surface area contributed by atoms with Crippen LogP contribution in [0.2, 0.25) is 5.02 Å². The Morgan fingerprint density at radius 3 is 2.59 bits per heavy atom. The van der Waals surface area contributed by atoms with Crippen molar-refractivity contribution in [2.75, 3.05) is 19.7 Å². The number of aryl methyl sites for hydroxylation is 1. The van der Waals surface area contributed by atoms with Gasteiger partial charge in [-0.15, -0.1) is 0 Å². The topological polar surface area (TPSA) is 49.5 Å². The number of piperidine rings is 1. The maximum absolute atomic E-state index is 9.19. The highest BCUT2D eigenvalue weighted by molar-refractivity contribution is 6.30. The summed E-state index contributed by atoms with van der Waals surface area (Å²) in [6.45, 7) is 4.97. The summed E-state index contributed by atoms with van der Waals surface area (Å²) in [5.74, 6) is 2.02. The van der Waals surface area contributed by atoms with Gasteiger partial charge in [0.1, 0.15) is 0 Å². The lowest BCUT2D eigenvalue weighted by molar-refractivity contribution is 0.121. The molecule has 0 aliphatic carbocycles. The normalized spacial score (nSPS) is 17.0. The quantitative estimate of drug-likeness (QED) is 0.936. The average Bonchev–Trinajstić information content (AvgIpc) is 2.89. The van der Waals surface area contributed by atoms with Crippen LogP contribution in [0.25, 0.3) is 11.3 Å². The first kappa shape index (κ1) is 15.5. The van der Waals surface area contributed by atoms with Crippen molar-refractivity contribution in [3.05, 3.63) is 40.9 Å². The fourth-order valence-corrected chi connectivity index (χ4v) is 3.03. The number of aliphatic hydroxyl groups is 1. The van der Waals surface area contributed by atoms with Crippen LogP contribution in [-0.2, 0) is 6.54 Å². The number of likely N-dealkylation sites (tertiary alicyclic amines) is 1. The highest BCUT2D eigenvalue weighted by Crippen LogP contribution is 2.27. The minimum atomic E-state index is 0.298. The van der Waals surface area contributed by atoms with Crippen molar-refractivity contribution in [2.24, 2.45) is 5.92 Å². The molecule has 0 amide bonds. The lowest BCUT2D eigenvalue weighted by Crippen LogP contribution is -2.34. The number of rotatable bonds is 4. The average molecular weight is 321 g/mol. The van der Waals surface area contributed by atoms with Gasteiger partial charge < -0.3 is 9.52 Å². The van der Waals surface area contributed by atoms with E-state index in [1.54, 1.807) is 0 Å². The number of aliphatic hydroxyl groups excluding tert-OH is 1. The zero-order valence-corrected chi connectivity index (χ0v) is 13.5. The smallest absolute Gasteiger partial charge is 0.209 e. The molecule has 1 aliphatic rings. The third-order valence-electron chi connectivity index (χ3n) is 4.27. The summed E-state index contributed by atoms with van der Waals surface area (Å²) in [6, 6.07) is 7.62. The molecule has 2 aromatic rings. The molecule has 0 unspecified atom stereocenters. The molecule has 1 aliphatic heterocycles. The van der Waals surface area contributed by atoms with Crippen molar-refractivity contribution in [1.29, 1.82) is 0 Å². The van der Waals surface area contributed by atoms with E-state index in [0.717, 1.165) is 55.4 Å². The van der Waals surface area contributed by atoms with Crippen molar-refractivity contribution in [2.45, 2.75) is 26.3 Å². The Morgan fingerprint density at radius 1 is 1.27 bits per heavy atom. The first-order chi connectivity index (χ1) is 10.7. The van der Waals surface area contributed by atoms with Gasteiger partial charge in [-0.3, -0.25) is 4.90 Å². The van der Waals surface area contributed by atoms with Gasteiger partial charge in [-0.05, 0) is 63.0 Å². The summed E-state index contributed by atoms with van der Waals surface area (Å²) in [4.78, 5) is 6.89. The highest BCUT2D eigenvalue weighted by atomic mass is 35.5. The van der Waals surface area contributed by atoms with Crippen LogP contribution in [0, 0.1) is 12.8 Å². The van der Waals surface area contributed by atoms with E-state index in [1.807, 2.05) is 31.2 Å². The summed E-state index contributed by atoms with van der Waals surface area (Å²) in [5.41, 5.74) is 1.90. The molecule has 3 rings (SSSR count). The van der Waals surface area contributed by atoms with Crippen LogP contribution in [0.1, 0.15) is 24.4 Å². The molecule has 0 atom stereocenters. The molecule has 0 spiro atoms. The van der Waals surface area contributed by atoms with Gasteiger partial charge in [0.05, 0.1) is 12.2 Å². The summed E-state index contributed by atoms with van der Waals surface area (Å²) < 4.78 is 5.95. The predicted octanol–water partition coefficient (Wildman–Crippen LogP) is 3.51. The van der Waals surface area contributed by atoms with E-state index >= 15 is 0 Å². The van der Waals surface area contributed by atoms with Crippen LogP contribution in [0.3, 0.4) is 0 Å². The van der Waals surface area contributed by atoms with Gasteiger partial charge in [0.2, 0.25) is 5.89 Å². The summed E-state index contributed by atoms with van der Waals surface area (Å²) >= 11 is 5.93. The Kier molecular flexibility index (Phi) is 4.81. The number of benzene rings is 1. The summed E-state index contributed by atoms with van der Waals surface area (Å²) in [6.07, 6.45) is 2.08. The van der Waals surface area contributed by atoms with Crippen LogP contribution >= 0.6 is 11.6 Å². The van der Waals surface area contributed by atoms with E-state index in [0.29, 0.717) is 17.5 Å². The molecule has 118 valence electrons. The van der Waals surface area contributed by atoms with E-state index in [1.165, 1.54) is 0 Å². The van der Waals surface area contributed by atoms with Gasteiger partial charge in [-0.25, -0.2) is 4.98 Å². The van der Waals surface area contributed by atoms with Crippen molar-refractivity contribution >= 4 is 11.6 Å². The second-order valence-corrected chi connectivity index (χ2v) is 6.37. The van der Waals surface area contributed by atoms with Crippen molar-refractivity contribution < 1.29 is 9.52 Å². The number of halogens is 1. The zero-order valence-electron chi connectivity index (χ0n) is 12.8. The van der Waals surface area contributed by atoms with Gasteiger partial charge in [0, 0.05) is 17.2 Å². The van der Waals surface area contributed by atoms with Gasteiger partial charge >= 0.3 is 0 Å². The Bertz CT molecular complexity index is 616. The molecule has 0 bridgehead atoms. The van der Waals surface area contributed by atoms with E-state index in [4.69, 9.17) is 16.0 Å². The molecule has 1 saturated heterocycles. The number of aromatic nitrogens is 1. The van der Waals surface area contributed by atoms with Gasteiger partial charge in [-0.2, -0.15) is 0 Å². The summed E-state index contributed by atoms with van der Waals surface area (Å²) in [5, 5.41) is 9.91. The van der Waals surface area contributed by atoms with Crippen LogP contribution in [0.5, 0.6) is 0 Å². The Balaban J connectivity index is 1.69. The first-order valence-electron chi connectivity index (χ1n) is 7.71. The minimum Gasteiger partial charge on any atom is -0.439 e. The third-order valence-corrected chi connectivity index (χ3v) is 4.52. The maximum atomic E-state index is 9.19. The van der Waals surface area contributed by atoms with Crippen molar-refractivity contribution in [3.63, 3.8) is 0 Å². The standard InChI is InChI=1S/C17H21ClN2O2/c1-12-17(14-2-4-15(18)5-3-14)22-16(19-12)10-20-8-6-13(11-21)7-9-20/h2-5,13,21H,6-11H2,1H3. The largest absolute Gasteiger partial charge is 0.439 e. The summed E-state index contributed by atoms with van der Waals surface area (Å²) in [7, 11) is 0. The number of hydrogen-bond donors (Lipinski definition) is 1. The van der Waals surface area contributed by atoms with Gasteiger partial charge in [0.25, 0.3) is 0 Å². The van der Waals surface area contributed by atoms with Crippen LogP contribution in [0.4, 0.5) is 0 Å². The van der Waals surface area contributed by atoms with Crippen molar-refractivity contribution in [1.82, 2.24) is 9.88 Å². The second-order valence-electron chi connectivity index (χ2n) is 5.93. The molecule has 1 fully saturated rings. The molecular weight excluding hydrogens is 300 g/mol. The highest BCUT2D eigenvalue weighted by Gasteiger charge is 2.21. The molecular formula is C17H21ClN2O2. The third kappa shape index (κ3) is 3.51. The van der Waals surface area contributed by atoms with Gasteiger partial charge in [-0.1, -0.05) is 11.6 Å². The Hall–Kier alpha value is -1.36. The number of hydrogen-bond acceptors (Lipinski definition) is 4. The molecule has 4 nitrogen and oxygen atoms in total. The van der Waals surface area contributed by atoms with E-state index in [-0.39, 0.29) is 0 Å². The molecule has 0 radical (unpaired) electrons. The first-order valence-corrected chi connectivity index (χ1v) is 8.09. The van der Waals surface area contributed by atoms with E-state index in [2.05, 4.69) is 9.88 Å². The fraction of sp³-hybridized carbons (Fsp3) is 0.471. The van der Waals surface area contributed by atoms with Crippen LogP contribution in [0.15, 0.2) is 28.7 Å². The van der Waals surface area contributed by atoms with Gasteiger partial charge in [0.15, 0.2) is 5.76 Å². The molecule has 22 heavy (non-hydrogen) atoms. The Morgan fingerprint density at radius 2 is 1.95 bits per heavy atom. The lowest BCUT2D eigenvalue weighted by atomic mass is 9.98. The van der Waals surface area contributed by atoms with Crippen molar-refractivity contribution in [3.8, 4) is 11.3 Å². The monoisotopic (exact) mass is 320 g/mol. The van der Waals surface area contributed by atoms with E-state index < -0.39 is 0 Å². The molecule has 2 heterocycles. The Labute approximate surface area is 135 Å². The molecule has 1 N–H and O–H groups in total. The fourth-order valence-electron chi connectivity index (χ4n) is 2.91. The number of oxazole rings is 1. The van der Waals surface area contributed by atoms with Crippen LogP contribution in [-0.4, -0.2) is 34.7 Å². The van der Waals surface area contributed by atoms with Crippen LogP contribution < -0.4 is 0 Å². The zero-order chi connectivity index (χ0) is 15.5. The molecule has 5 heteroatoms. The number of nitrogens with zero attached hydrogens (tertiary/aromatic N) is 2. The minimum absolute atomic E-state index is 0.298. The lowest BCUT2D eigenvalue weighted by Gasteiger charge is -2.29. The molecule has 0 saturated carbocycles. The SMILES string of the molecule is Cc1nc(CN2CCC(CO)CC2)oc1-c1ccc(Cl)cc1. The second kappa shape index (κ2) is 6.82.